The van der Waals surface area contributed by atoms with Crippen molar-refractivity contribution in [3.05, 3.63) is 22.7 Å². The lowest BCUT2D eigenvalue weighted by atomic mass is 9.97. The van der Waals surface area contributed by atoms with Gasteiger partial charge in [-0.15, -0.1) is 0 Å². The van der Waals surface area contributed by atoms with Gasteiger partial charge in [-0.3, -0.25) is 4.79 Å². The van der Waals surface area contributed by atoms with Gasteiger partial charge in [-0.2, -0.15) is 0 Å². The van der Waals surface area contributed by atoms with E-state index in [-0.39, 0.29) is 11.4 Å². The molecular weight excluding hydrogens is 288 g/mol. The second-order valence-electron chi connectivity index (χ2n) is 6.10. The molecule has 0 aromatic heterocycles. The van der Waals surface area contributed by atoms with Crippen LogP contribution in [0.2, 0.25) is 5.02 Å². The maximum absolute atomic E-state index is 11.7. The largest absolute Gasteiger partial charge is 0.398 e. The number of rotatable bonds is 2. The molecule has 0 unspecified atom stereocenters. The first-order valence-corrected chi connectivity index (χ1v) is 7.45. The minimum atomic E-state index is -0.243. The maximum Gasteiger partial charge on any atom is 0.220 e. The zero-order valence-electron chi connectivity index (χ0n) is 12.8. The van der Waals surface area contributed by atoms with Crippen LogP contribution in [0.1, 0.15) is 26.3 Å². The van der Waals surface area contributed by atoms with Crippen molar-refractivity contribution in [1.29, 1.82) is 0 Å². The number of nitrogen functional groups attached to an aromatic ring is 1. The molecule has 1 fully saturated rings. The second kappa shape index (κ2) is 5.73. The lowest BCUT2D eigenvalue weighted by molar-refractivity contribution is -0.134. The van der Waals surface area contributed by atoms with Crippen LogP contribution in [0.25, 0.3) is 0 Å². The predicted octanol–water partition coefficient (Wildman–Crippen LogP) is 1.83. The molecule has 1 amide bonds. The fourth-order valence-corrected chi connectivity index (χ4v) is 3.31. The number of hydrogen-bond acceptors (Lipinski definition) is 4. The quantitative estimate of drug-likeness (QED) is 0.817. The highest BCUT2D eigenvalue weighted by molar-refractivity contribution is 6.31. The monoisotopic (exact) mass is 310 g/mol. The predicted molar refractivity (Wildman–Crippen MR) is 87.4 cm³/mol. The Morgan fingerprint density at radius 3 is 2.57 bits per heavy atom. The van der Waals surface area contributed by atoms with Crippen LogP contribution in [0.5, 0.6) is 0 Å². The molecule has 1 aliphatic rings. The number of nitrogens with zero attached hydrogens (tertiary/aromatic N) is 2. The van der Waals surface area contributed by atoms with Crippen LogP contribution < -0.4 is 16.4 Å². The van der Waals surface area contributed by atoms with Crippen molar-refractivity contribution in [1.82, 2.24) is 4.90 Å². The average Bonchev–Trinajstić information content (AvgIpc) is 2.36. The number of benzene rings is 1. The maximum atomic E-state index is 11.7. The van der Waals surface area contributed by atoms with Crippen molar-refractivity contribution < 1.29 is 4.79 Å². The summed E-state index contributed by atoms with van der Waals surface area (Å²) in [6.07, 6.45) is 0. The van der Waals surface area contributed by atoms with Crippen molar-refractivity contribution in [2.45, 2.75) is 32.9 Å². The summed E-state index contributed by atoms with van der Waals surface area (Å²) in [4.78, 5) is 15.8. The summed E-state index contributed by atoms with van der Waals surface area (Å²) < 4.78 is 0. The molecule has 1 aliphatic heterocycles. The van der Waals surface area contributed by atoms with Gasteiger partial charge >= 0.3 is 0 Å². The molecule has 0 bridgehead atoms. The lowest BCUT2D eigenvalue weighted by Crippen LogP contribution is -2.60. The third-order valence-electron chi connectivity index (χ3n) is 4.05. The van der Waals surface area contributed by atoms with Crippen LogP contribution in [-0.4, -0.2) is 36.0 Å². The number of halogens is 1. The summed E-state index contributed by atoms with van der Waals surface area (Å²) in [6.45, 7) is 8.26. The number of nitrogens with two attached hydrogens (primary N) is 2. The molecule has 6 heteroatoms. The fraction of sp³-hybridized carbons (Fsp3) is 0.533. The Kier molecular flexibility index (Phi) is 4.35. The van der Waals surface area contributed by atoms with Crippen LogP contribution >= 0.6 is 11.6 Å². The zero-order chi connectivity index (χ0) is 15.8. The van der Waals surface area contributed by atoms with Crippen molar-refractivity contribution in [2.75, 3.05) is 30.3 Å². The number of amides is 1. The Labute approximate surface area is 130 Å². The van der Waals surface area contributed by atoms with Crippen LogP contribution in [0.4, 0.5) is 11.4 Å². The molecule has 116 valence electrons. The topological polar surface area (TPSA) is 75.6 Å². The van der Waals surface area contributed by atoms with Gasteiger partial charge in [0.1, 0.15) is 0 Å². The summed E-state index contributed by atoms with van der Waals surface area (Å²) in [5.74, 6) is 0.101. The summed E-state index contributed by atoms with van der Waals surface area (Å²) in [7, 11) is 0. The molecule has 0 radical (unpaired) electrons. The van der Waals surface area contributed by atoms with Crippen LogP contribution in [0.15, 0.2) is 12.1 Å². The van der Waals surface area contributed by atoms with E-state index in [0.717, 1.165) is 24.3 Å². The third-order valence-corrected chi connectivity index (χ3v) is 4.27. The molecule has 5 nitrogen and oxygen atoms in total. The number of piperazine rings is 1. The zero-order valence-corrected chi connectivity index (χ0v) is 13.6. The highest BCUT2D eigenvalue weighted by atomic mass is 35.5. The molecule has 1 aromatic rings. The van der Waals surface area contributed by atoms with E-state index < -0.39 is 0 Å². The Morgan fingerprint density at radius 1 is 1.38 bits per heavy atom. The Hall–Kier alpha value is -1.46. The Balaban J connectivity index is 2.35. The van der Waals surface area contributed by atoms with Gasteiger partial charge in [-0.25, -0.2) is 0 Å². The molecule has 0 spiro atoms. The molecule has 1 saturated heterocycles. The molecule has 0 atom stereocenters. The van der Waals surface area contributed by atoms with Crippen LogP contribution in [0.3, 0.4) is 0 Å². The average molecular weight is 311 g/mol. The SMILES string of the molecule is CC(=O)N1CCN(c2cc(Cl)cc(N)c2CN)CC1(C)C. The standard InChI is InChI=1S/C15H23ClN4O/c1-10(21)20-5-4-19(9-15(20,2)3)14-7-11(16)6-13(18)12(14)8-17/h6-7H,4-5,8-9,17-18H2,1-3H3. The van der Waals surface area contributed by atoms with E-state index in [1.807, 2.05) is 11.0 Å². The molecule has 0 aliphatic carbocycles. The fourth-order valence-electron chi connectivity index (χ4n) is 3.09. The first kappa shape index (κ1) is 15.9. The molecule has 4 N–H and O–H groups in total. The van der Waals surface area contributed by atoms with E-state index in [0.29, 0.717) is 23.8 Å². The molecule has 21 heavy (non-hydrogen) atoms. The highest BCUT2D eigenvalue weighted by Gasteiger charge is 2.35. The Morgan fingerprint density at radius 2 is 2.05 bits per heavy atom. The first-order chi connectivity index (χ1) is 9.76. The van der Waals surface area contributed by atoms with Gasteiger partial charge in [0, 0.05) is 55.1 Å². The lowest BCUT2D eigenvalue weighted by Gasteiger charge is -2.48. The van der Waals surface area contributed by atoms with Crippen LogP contribution in [0, 0.1) is 0 Å². The molecule has 1 heterocycles. The number of hydrogen-bond donors (Lipinski definition) is 2. The highest BCUT2D eigenvalue weighted by Crippen LogP contribution is 2.33. The van der Waals surface area contributed by atoms with E-state index >= 15 is 0 Å². The Bertz CT molecular complexity index is 559. The molecule has 2 rings (SSSR count). The van der Waals surface area contributed by atoms with E-state index in [2.05, 4.69) is 18.7 Å². The van der Waals surface area contributed by atoms with Crippen molar-refractivity contribution in [2.24, 2.45) is 5.73 Å². The number of carbonyl (C=O) groups is 1. The van der Waals surface area contributed by atoms with Gasteiger partial charge in [0.25, 0.3) is 0 Å². The molecular formula is C15H23ClN4O. The summed E-state index contributed by atoms with van der Waals surface area (Å²) in [6, 6.07) is 3.63. The molecule has 1 aromatic carbocycles. The summed E-state index contributed by atoms with van der Waals surface area (Å²) in [5, 5.41) is 0.603. The van der Waals surface area contributed by atoms with Crippen molar-refractivity contribution in [3.8, 4) is 0 Å². The number of anilines is 2. The van der Waals surface area contributed by atoms with Crippen LogP contribution in [-0.2, 0) is 11.3 Å². The van der Waals surface area contributed by atoms with E-state index in [1.54, 1.807) is 13.0 Å². The van der Waals surface area contributed by atoms with Crippen molar-refractivity contribution in [3.63, 3.8) is 0 Å². The van der Waals surface area contributed by atoms with Gasteiger partial charge in [0.05, 0.1) is 5.54 Å². The first-order valence-electron chi connectivity index (χ1n) is 7.07. The van der Waals surface area contributed by atoms with Crippen molar-refractivity contribution >= 4 is 28.9 Å². The van der Waals surface area contributed by atoms with Gasteiger partial charge in [0.15, 0.2) is 0 Å². The van der Waals surface area contributed by atoms with Gasteiger partial charge < -0.3 is 21.3 Å². The summed E-state index contributed by atoms with van der Waals surface area (Å²) >= 11 is 6.14. The normalized spacial score (nSPS) is 18.0. The minimum absolute atomic E-state index is 0.101. The van der Waals surface area contributed by atoms with E-state index in [1.165, 1.54) is 0 Å². The van der Waals surface area contributed by atoms with E-state index in [4.69, 9.17) is 23.1 Å². The number of carbonyl (C=O) groups excluding carboxylic acids is 1. The smallest absolute Gasteiger partial charge is 0.220 e. The van der Waals surface area contributed by atoms with Gasteiger partial charge in [-0.1, -0.05) is 11.6 Å². The third kappa shape index (κ3) is 3.09. The second-order valence-corrected chi connectivity index (χ2v) is 6.54. The van der Waals surface area contributed by atoms with Gasteiger partial charge in [-0.05, 0) is 26.0 Å². The summed E-state index contributed by atoms with van der Waals surface area (Å²) in [5.41, 5.74) is 14.1. The molecule has 0 saturated carbocycles. The minimum Gasteiger partial charge on any atom is -0.398 e. The van der Waals surface area contributed by atoms with Gasteiger partial charge in [0.2, 0.25) is 5.91 Å². The van der Waals surface area contributed by atoms with E-state index in [9.17, 15) is 4.79 Å².